The third-order valence-corrected chi connectivity index (χ3v) is 6.15. The number of hydrogen-bond donors (Lipinski definition) is 1. The molecule has 3 rings (SSSR count). The minimum absolute atomic E-state index is 0.652. The van der Waals surface area contributed by atoms with E-state index in [1.54, 1.807) is 0 Å². The van der Waals surface area contributed by atoms with Crippen molar-refractivity contribution in [1.82, 2.24) is 20.0 Å². The molecule has 1 unspecified atom stereocenters. The molecule has 3 heterocycles. The fourth-order valence-electron chi connectivity index (χ4n) is 4.42. The molecule has 0 saturated carbocycles. The molecule has 0 aromatic heterocycles. The number of nitrogens with zero attached hydrogens (tertiary/aromatic N) is 3. The number of piperidine rings is 1. The summed E-state index contributed by atoms with van der Waals surface area (Å²) in [6, 6.07) is 1.43. The van der Waals surface area contributed by atoms with Gasteiger partial charge in [0, 0.05) is 44.9 Å². The molecule has 0 amide bonds. The first kappa shape index (κ1) is 15.7. The van der Waals surface area contributed by atoms with Gasteiger partial charge in [-0.05, 0) is 65.1 Å². The van der Waals surface area contributed by atoms with E-state index in [0.717, 1.165) is 12.7 Å². The molecule has 3 fully saturated rings. The first-order chi connectivity index (χ1) is 10.1. The molecule has 122 valence electrons. The molecular weight excluding hydrogens is 260 g/mol. The van der Waals surface area contributed by atoms with Gasteiger partial charge in [-0.25, -0.2) is 0 Å². The van der Waals surface area contributed by atoms with Gasteiger partial charge in [-0.15, -0.1) is 0 Å². The molecule has 3 aliphatic heterocycles. The van der Waals surface area contributed by atoms with Crippen molar-refractivity contribution in [2.45, 2.75) is 52.1 Å². The van der Waals surface area contributed by atoms with E-state index in [2.05, 4.69) is 40.8 Å². The van der Waals surface area contributed by atoms with Gasteiger partial charge in [0.15, 0.2) is 0 Å². The molecule has 21 heavy (non-hydrogen) atoms. The summed E-state index contributed by atoms with van der Waals surface area (Å²) in [5.74, 6) is 0. The highest BCUT2D eigenvalue weighted by Crippen LogP contribution is 2.40. The van der Waals surface area contributed by atoms with E-state index in [-0.39, 0.29) is 0 Å². The summed E-state index contributed by atoms with van der Waals surface area (Å²) in [6.07, 6.45) is 4.27. The molecule has 1 N–H and O–H groups in total. The van der Waals surface area contributed by atoms with Crippen LogP contribution in [0.3, 0.4) is 0 Å². The molecule has 0 aromatic rings. The maximum Gasteiger partial charge on any atom is 0.0484 e. The maximum absolute atomic E-state index is 3.45. The Morgan fingerprint density at radius 2 is 1.67 bits per heavy atom. The topological polar surface area (TPSA) is 21.8 Å². The van der Waals surface area contributed by atoms with Crippen LogP contribution in [-0.4, -0.2) is 79.3 Å². The molecule has 1 spiro atoms. The second-order valence-electron chi connectivity index (χ2n) is 7.93. The van der Waals surface area contributed by atoms with E-state index < -0.39 is 0 Å². The second kappa shape index (κ2) is 6.53. The predicted octanol–water partition coefficient (Wildman–Crippen LogP) is 1.43. The van der Waals surface area contributed by atoms with E-state index in [9.17, 15) is 0 Å². The average molecular weight is 294 g/mol. The quantitative estimate of drug-likeness (QED) is 0.847. The van der Waals surface area contributed by atoms with Crippen molar-refractivity contribution >= 4 is 0 Å². The molecular formula is C17H34N4. The first-order valence-corrected chi connectivity index (χ1v) is 8.99. The predicted molar refractivity (Wildman–Crippen MR) is 88.5 cm³/mol. The zero-order valence-electron chi connectivity index (χ0n) is 14.3. The highest BCUT2D eigenvalue weighted by Gasteiger charge is 2.41. The lowest BCUT2D eigenvalue weighted by Gasteiger charge is -2.41. The van der Waals surface area contributed by atoms with Gasteiger partial charge >= 0.3 is 0 Å². The molecule has 1 atom stereocenters. The molecule has 0 radical (unpaired) electrons. The van der Waals surface area contributed by atoms with Gasteiger partial charge < -0.3 is 15.1 Å². The lowest BCUT2D eigenvalue weighted by molar-refractivity contribution is 0.0818. The second-order valence-corrected chi connectivity index (χ2v) is 7.93. The normalized spacial score (nSPS) is 29.7. The van der Waals surface area contributed by atoms with Crippen molar-refractivity contribution in [3.8, 4) is 0 Å². The van der Waals surface area contributed by atoms with Crippen molar-refractivity contribution in [2.75, 3.05) is 52.5 Å². The highest BCUT2D eigenvalue weighted by atomic mass is 15.3. The summed E-state index contributed by atoms with van der Waals surface area (Å²) in [7, 11) is 0. The Bertz CT molecular complexity index is 330. The summed E-state index contributed by atoms with van der Waals surface area (Å²) in [6.45, 7) is 17.1. The number of likely N-dealkylation sites (tertiary alicyclic amines) is 2. The van der Waals surface area contributed by atoms with E-state index >= 15 is 0 Å². The van der Waals surface area contributed by atoms with E-state index in [0.29, 0.717) is 11.5 Å². The summed E-state index contributed by atoms with van der Waals surface area (Å²) < 4.78 is 0. The molecule has 4 nitrogen and oxygen atoms in total. The van der Waals surface area contributed by atoms with Gasteiger partial charge in [-0.2, -0.15) is 0 Å². The smallest absolute Gasteiger partial charge is 0.0484 e. The first-order valence-electron chi connectivity index (χ1n) is 8.99. The van der Waals surface area contributed by atoms with Crippen molar-refractivity contribution in [1.29, 1.82) is 0 Å². The van der Waals surface area contributed by atoms with Crippen molar-refractivity contribution < 1.29 is 0 Å². The van der Waals surface area contributed by atoms with Gasteiger partial charge in [0.05, 0.1) is 0 Å². The van der Waals surface area contributed by atoms with Crippen molar-refractivity contribution in [2.24, 2.45) is 5.41 Å². The molecule has 4 heteroatoms. The van der Waals surface area contributed by atoms with Crippen LogP contribution in [0.25, 0.3) is 0 Å². The van der Waals surface area contributed by atoms with Crippen LogP contribution in [-0.2, 0) is 0 Å². The van der Waals surface area contributed by atoms with Crippen LogP contribution in [0.5, 0.6) is 0 Å². The van der Waals surface area contributed by atoms with Crippen LogP contribution in [0.15, 0.2) is 0 Å². The molecule has 0 bridgehead atoms. The van der Waals surface area contributed by atoms with E-state index in [1.807, 2.05) is 0 Å². The van der Waals surface area contributed by atoms with Crippen LogP contribution in [0, 0.1) is 5.41 Å². The Balaban J connectivity index is 1.45. The van der Waals surface area contributed by atoms with Gasteiger partial charge in [0.25, 0.3) is 0 Å². The Hall–Kier alpha value is -0.160. The zero-order valence-corrected chi connectivity index (χ0v) is 14.3. The zero-order chi connectivity index (χ0) is 14.9. The Kier molecular flexibility index (Phi) is 4.89. The maximum atomic E-state index is 3.45. The van der Waals surface area contributed by atoms with Crippen LogP contribution < -0.4 is 5.32 Å². The fraction of sp³-hybridized carbons (Fsp3) is 1.00. The summed E-state index contributed by atoms with van der Waals surface area (Å²) in [5.41, 5.74) is 0.652. The van der Waals surface area contributed by atoms with E-state index in [1.165, 1.54) is 65.1 Å². The minimum Gasteiger partial charge on any atom is -0.303 e. The largest absolute Gasteiger partial charge is 0.303 e. The van der Waals surface area contributed by atoms with Crippen molar-refractivity contribution in [3.63, 3.8) is 0 Å². The molecule has 3 aliphatic rings. The average Bonchev–Trinajstić information content (AvgIpc) is 3.12. The number of rotatable bonds is 4. The monoisotopic (exact) mass is 294 g/mol. The lowest BCUT2D eigenvalue weighted by Crippen LogP contribution is -2.47. The van der Waals surface area contributed by atoms with Crippen molar-refractivity contribution in [3.05, 3.63) is 0 Å². The van der Waals surface area contributed by atoms with Gasteiger partial charge in [0.2, 0.25) is 0 Å². The SMILES string of the molecule is CC(C)N1CCC2(CCN(CC(C)N3CCNC3)CC2)C1. The Morgan fingerprint density at radius 3 is 2.24 bits per heavy atom. The van der Waals surface area contributed by atoms with Crippen LogP contribution in [0.1, 0.15) is 40.0 Å². The van der Waals surface area contributed by atoms with Crippen LogP contribution in [0.2, 0.25) is 0 Å². The van der Waals surface area contributed by atoms with Gasteiger partial charge in [-0.3, -0.25) is 4.90 Å². The lowest BCUT2D eigenvalue weighted by atomic mass is 9.77. The van der Waals surface area contributed by atoms with E-state index in [4.69, 9.17) is 0 Å². The summed E-state index contributed by atoms with van der Waals surface area (Å²) in [4.78, 5) is 7.99. The third kappa shape index (κ3) is 3.61. The highest BCUT2D eigenvalue weighted by molar-refractivity contribution is 4.95. The van der Waals surface area contributed by atoms with Crippen LogP contribution >= 0.6 is 0 Å². The van der Waals surface area contributed by atoms with Gasteiger partial charge in [0.1, 0.15) is 0 Å². The summed E-state index contributed by atoms with van der Waals surface area (Å²) in [5, 5.41) is 3.45. The number of nitrogens with one attached hydrogen (secondary N) is 1. The molecule has 0 aromatic carbocycles. The number of hydrogen-bond acceptors (Lipinski definition) is 4. The third-order valence-electron chi connectivity index (χ3n) is 6.15. The Morgan fingerprint density at radius 1 is 0.952 bits per heavy atom. The van der Waals surface area contributed by atoms with Gasteiger partial charge in [-0.1, -0.05) is 0 Å². The molecule has 3 saturated heterocycles. The molecule has 0 aliphatic carbocycles. The minimum atomic E-state index is 0.652. The van der Waals surface area contributed by atoms with Crippen LogP contribution in [0.4, 0.5) is 0 Å². The fourth-order valence-corrected chi connectivity index (χ4v) is 4.42. The standard InChI is InChI=1S/C17H34N4/c1-15(2)20-10-6-17(13-20)4-8-19(9-5-17)12-16(3)21-11-7-18-14-21/h15-16,18H,4-14H2,1-3H3. The summed E-state index contributed by atoms with van der Waals surface area (Å²) >= 11 is 0. The Labute approximate surface area is 130 Å².